The predicted molar refractivity (Wildman–Crippen MR) is 81.3 cm³/mol. The standard InChI is InChI=1S/C14H19BBrNO3/c1-13(2)14(3,4)20-15(19-13)10-8-17-12(16)7-11(10)18-9-5-6-9/h7-9H,5-6H2,1-4H3. The average Bonchev–Trinajstić information content (AvgIpc) is 3.07. The fourth-order valence-corrected chi connectivity index (χ4v) is 2.35. The van der Waals surface area contributed by atoms with Crippen molar-refractivity contribution >= 4 is 28.5 Å². The molecule has 0 bridgehead atoms. The van der Waals surface area contributed by atoms with Crippen molar-refractivity contribution in [3.8, 4) is 5.75 Å². The molecular weight excluding hydrogens is 321 g/mol. The normalized spacial score (nSPS) is 23.9. The fraction of sp³-hybridized carbons (Fsp3) is 0.643. The molecule has 0 N–H and O–H groups in total. The van der Waals surface area contributed by atoms with Crippen LogP contribution < -0.4 is 10.2 Å². The van der Waals surface area contributed by atoms with Crippen LogP contribution in [-0.2, 0) is 9.31 Å². The van der Waals surface area contributed by atoms with E-state index in [0.29, 0.717) is 6.10 Å². The second-order valence-electron chi connectivity index (χ2n) is 6.45. The highest BCUT2D eigenvalue weighted by atomic mass is 79.9. The number of hydrogen-bond donors (Lipinski definition) is 0. The smallest absolute Gasteiger partial charge is 0.491 e. The highest BCUT2D eigenvalue weighted by molar-refractivity contribution is 9.10. The van der Waals surface area contributed by atoms with Crippen LogP contribution in [0.5, 0.6) is 5.75 Å². The van der Waals surface area contributed by atoms with Gasteiger partial charge < -0.3 is 14.0 Å². The Morgan fingerprint density at radius 2 is 1.85 bits per heavy atom. The van der Waals surface area contributed by atoms with E-state index in [0.717, 1.165) is 28.7 Å². The number of halogens is 1. The maximum atomic E-state index is 6.08. The molecule has 1 aliphatic heterocycles. The van der Waals surface area contributed by atoms with Crippen molar-refractivity contribution in [3.05, 3.63) is 16.9 Å². The first-order chi connectivity index (χ1) is 9.28. The van der Waals surface area contributed by atoms with Crippen LogP contribution in [0.15, 0.2) is 16.9 Å². The fourth-order valence-electron chi connectivity index (χ4n) is 2.04. The van der Waals surface area contributed by atoms with Crippen molar-refractivity contribution in [3.63, 3.8) is 0 Å². The third kappa shape index (κ3) is 2.61. The summed E-state index contributed by atoms with van der Waals surface area (Å²) in [7, 11) is -0.436. The first kappa shape index (κ1) is 14.4. The summed E-state index contributed by atoms with van der Waals surface area (Å²) in [6.45, 7) is 8.17. The van der Waals surface area contributed by atoms with Crippen molar-refractivity contribution in [1.29, 1.82) is 0 Å². The van der Waals surface area contributed by atoms with Gasteiger partial charge in [-0.3, -0.25) is 0 Å². The lowest BCUT2D eigenvalue weighted by molar-refractivity contribution is 0.00578. The molecule has 0 unspecified atom stereocenters. The molecule has 1 aromatic rings. The van der Waals surface area contributed by atoms with Gasteiger partial charge in [-0.1, -0.05) is 0 Å². The number of pyridine rings is 1. The number of nitrogens with zero attached hydrogens (tertiary/aromatic N) is 1. The van der Waals surface area contributed by atoms with Gasteiger partial charge in [0.2, 0.25) is 0 Å². The quantitative estimate of drug-likeness (QED) is 0.627. The molecule has 1 saturated carbocycles. The van der Waals surface area contributed by atoms with Gasteiger partial charge in [0, 0.05) is 17.7 Å². The van der Waals surface area contributed by atoms with E-state index < -0.39 is 7.12 Å². The molecule has 2 heterocycles. The molecule has 0 atom stereocenters. The lowest BCUT2D eigenvalue weighted by atomic mass is 9.79. The lowest BCUT2D eigenvalue weighted by Gasteiger charge is -2.32. The van der Waals surface area contributed by atoms with Crippen LogP contribution in [0, 0.1) is 0 Å². The van der Waals surface area contributed by atoms with Crippen molar-refractivity contribution in [2.45, 2.75) is 57.8 Å². The number of aromatic nitrogens is 1. The minimum absolute atomic E-state index is 0.325. The minimum Gasteiger partial charge on any atom is -0.491 e. The second kappa shape index (κ2) is 4.72. The SMILES string of the molecule is CC1(C)OB(c2cnc(Br)cc2OC2CC2)OC1(C)C. The van der Waals surface area contributed by atoms with Crippen molar-refractivity contribution < 1.29 is 14.0 Å². The van der Waals surface area contributed by atoms with E-state index >= 15 is 0 Å². The summed E-state index contributed by atoms with van der Waals surface area (Å²) >= 11 is 3.39. The third-order valence-corrected chi connectivity index (χ3v) is 4.62. The van der Waals surface area contributed by atoms with Crippen LogP contribution in [0.4, 0.5) is 0 Å². The maximum Gasteiger partial charge on any atom is 0.500 e. The Kier molecular flexibility index (Phi) is 3.38. The summed E-state index contributed by atoms with van der Waals surface area (Å²) in [5.74, 6) is 0.799. The molecule has 3 rings (SSSR count). The van der Waals surface area contributed by atoms with E-state index in [1.54, 1.807) is 6.20 Å². The number of rotatable bonds is 3. The molecule has 1 aliphatic carbocycles. The van der Waals surface area contributed by atoms with Crippen molar-refractivity contribution in [2.24, 2.45) is 0 Å². The molecule has 20 heavy (non-hydrogen) atoms. The van der Waals surface area contributed by atoms with Crippen LogP contribution >= 0.6 is 15.9 Å². The van der Waals surface area contributed by atoms with Gasteiger partial charge in [0.25, 0.3) is 0 Å². The Morgan fingerprint density at radius 3 is 2.40 bits per heavy atom. The summed E-state index contributed by atoms with van der Waals surface area (Å²) in [6, 6.07) is 1.89. The van der Waals surface area contributed by atoms with E-state index in [-0.39, 0.29) is 11.2 Å². The highest BCUT2D eigenvalue weighted by Crippen LogP contribution is 2.37. The first-order valence-corrected chi connectivity index (χ1v) is 7.75. The van der Waals surface area contributed by atoms with Crippen LogP contribution in [0.2, 0.25) is 0 Å². The molecular formula is C14H19BBrNO3. The Bertz CT molecular complexity index is 515. The lowest BCUT2D eigenvalue weighted by Crippen LogP contribution is -2.41. The molecule has 1 saturated heterocycles. The van der Waals surface area contributed by atoms with Gasteiger partial charge in [-0.25, -0.2) is 4.98 Å². The molecule has 0 amide bonds. The predicted octanol–water partition coefficient (Wildman–Crippen LogP) is 2.68. The summed E-state index contributed by atoms with van der Waals surface area (Å²) in [4.78, 5) is 4.28. The Morgan fingerprint density at radius 1 is 1.25 bits per heavy atom. The Labute approximate surface area is 128 Å². The van der Waals surface area contributed by atoms with Gasteiger partial charge in [-0.05, 0) is 56.5 Å². The van der Waals surface area contributed by atoms with Gasteiger partial charge in [-0.15, -0.1) is 0 Å². The molecule has 6 heteroatoms. The largest absolute Gasteiger partial charge is 0.500 e. The average molecular weight is 340 g/mol. The Hall–Kier alpha value is -0.585. The van der Waals surface area contributed by atoms with E-state index in [4.69, 9.17) is 14.0 Å². The summed E-state index contributed by atoms with van der Waals surface area (Å²) in [5.41, 5.74) is 0.141. The monoisotopic (exact) mass is 339 g/mol. The zero-order chi connectivity index (χ0) is 14.5. The zero-order valence-electron chi connectivity index (χ0n) is 12.3. The van der Waals surface area contributed by atoms with Crippen molar-refractivity contribution in [1.82, 2.24) is 4.98 Å². The second-order valence-corrected chi connectivity index (χ2v) is 7.26. The van der Waals surface area contributed by atoms with Gasteiger partial charge in [0.1, 0.15) is 10.4 Å². The van der Waals surface area contributed by atoms with Crippen LogP contribution in [0.3, 0.4) is 0 Å². The van der Waals surface area contributed by atoms with Crippen LogP contribution in [0.25, 0.3) is 0 Å². The van der Waals surface area contributed by atoms with E-state index in [2.05, 4.69) is 20.9 Å². The summed E-state index contributed by atoms with van der Waals surface area (Å²) in [6.07, 6.45) is 4.32. The molecule has 0 aromatic carbocycles. The summed E-state index contributed by atoms with van der Waals surface area (Å²) in [5, 5.41) is 0. The van der Waals surface area contributed by atoms with Gasteiger partial charge >= 0.3 is 7.12 Å². The molecule has 1 aromatic heterocycles. The molecule has 0 spiro atoms. The molecule has 0 radical (unpaired) electrons. The molecule has 2 aliphatic rings. The summed E-state index contributed by atoms with van der Waals surface area (Å²) < 4.78 is 18.9. The molecule has 4 nitrogen and oxygen atoms in total. The van der Waals surface area contributed by atoms with Crippen molar-refractivity contribution in [2.75, 3.05) is 0 Å². The zero-order valence-corrected chi connectivity index (χ0v) is 13.9. The van der Waals surface area contributed by atoms with Crippen LogP contribution in [-0.4, -0.2) is 29.4 Å². The number of ether oxygens (including phenoxy) is 1. The molecule has 2 fully saturated rings. The van der Waals surface area contributed by atoms with Gasteiger partial charge in [0.05, 0.1) is 17.3 Å². The minimum atomic E-state index is -0.436. The third-order valence-electron chi connectivity index (χ3n) is 4.19. The highest BCUT2D eigenvalue weighted by Gasteiger charge is 2.52. The number of hydrogen-bond acceptors (Lipinski definition) is 4. The van der Waals surface area contributed by atoms with Crippen LogP contribution in [0.1, 0.15) is 40.5 Å². The van der Waals surface area contributed by atoms with E-state index in [1.807, 2.05) is 33.8 Å². The first-order valence-electron chi connectivity index (χ1n) is 6.96. The topological polar surface area (TPSA) is 40.6 Å². The Balaban J connectivity index is 1.90. The van der Waals surface area contributed by atoms with E-state index in [1.165, 1.54) is 0 Å². The maximum absolute atomic E-state index is 6.08. The van der Waals surface area contributed by atoms with Gasteiger partial charge in [0.15, 0.2) is 0 Å². The molecule has 108 valence electrons. The van der Waals surface area contributed by atoms with Gasteiger partial charge in [-0.2, -0.15) is 0 Å². The van der Waals surface area contributed by atoms with E-state index in [9.17, 15) is 0 Å².